The van der Waals surface area contributed by atoms with Crippen molar-refractivity contribution in [3.05, 3.63) is 76.3 Å². The number of benzene rings is 2. The SMILES string of the molecule is CC[C@H](C)c1ccc(-n2c(CSCc3ccccc3)n[nH]c2=S)cc1. The van der Waals surface area contributed by atoms with Gasteiger partial charge >= 0.3 is 0 Å². The first-order chi connectivity index (χ1) is 12.2. The molecule has 3 rings (SSSR count). The van der Waals surface area contributed by atoms with Gasteiger partial charge in [-0.25, -0.2) is 0 Å². The third-order valence-corrected chi connectivity index (χ3v) is 5.69. The number of rotatable bonds is 7. The fourth-order valence-corrected chi connectivity index (χ4v) is 3.88. The summed E-state index contributed by atoms with van der Waals surface area (Å²) < 4.78 is 2.68. The number of aromatic nitrogens is 3. The van der Waals surface area contributed by atoms with E-state index >= 15 is 0 Å². The van der Waals surface area contributed by atoms with Crippen LogP contribution in [0.4, 0.5) is 0 Å². The Morgan fingerprint density at radius 1 is 1.08 bits per heavy atom. The van der Waals surface area contributed by atoms with Gasteiger partial charge in [0.2, 0.25) is 0 Å². The maximum absolute atomic E-state index is 5.44. The Morgan fingerprint density at radius 2 is 1.80 bits per heavy atom. The number of thioether (sulfide) groups is 1. The second kappa shape index (κ2) is 8.50. The Bertz CT molecular complexity index is 851. The van der Waals surface area contributed by atoms with E-state index in [0.717, 1.165) is 29.4 Å². The molecular formula is C20H23N3S2. The molecule has 0 fully saturated rings. The van der Waals surface area contributed by atoms with Crippen LogP contribution in [-0.2, 0) is 11.5 Å². The molecule has 0 unspecified atom stereocenters. The van der Waals surface area contributed by atoms with Crippen molar-refractivity contribution in [3.8, 4) is 5.69 Å². The molecule has 0 aliphatic rings. The van der Waals surface area contributed by atoms with Crippen molar-refractivity contribution in [2.24, 2.45) is 0 Å². The molecule has 0 saturated heterocycles. The maximum atomic E-state index is 5.44. The summed E-state index contributed by atoms with van der Waals surface area (Å²) in [5.74, 6) is 3.32. The normalized spacial score (nSPS) is 12.2. The first-order valence-corrected chi connectivity index (χ1v) is 10.1. The monoisotopic (exact) mass is 369 g/mol. The molecule has 0 spiro atoms. The molecule has 0 aliphatic heterocycles. The molecule has 1 atom stereocenters. The molecule has 1 N–H and O–H groups in total. The molecule has 3 aromatic rings. The van der Waals surface area contributed by atoms with Crippen LogP contribution in [0.3, 0.4) is 0 Å². The summed E-state index contributed by atoms with van der Waals surface area (Å²) in [5.41, 5.74) is 3.76. The Labute approximate surface area is 158 Å². The van der Waals surface area contributed by atoms with E-state index in [0.29, 0.717) is 10.7 Å². The van der Waals surface area contributed by atoms with Crippen LogP contribution in [0.25, 0.3) is 5.69 Å². The predicted molar refractivity (Wildman–Crippen MR) is 109 cm³/mol. The number of nitrogens with zero attached hydrogens (tertiary/aromatic N) is 2. The van der Waals surface area contributed by atoms with Gasteiger partial charge in [0.15, 0.2) is 4.77 Å². The number of H-pyrrole nitrogens is 1. The molecule has 3 nitrogen and oxygen atoms in total. The van der Waals surface area contributed by atoms with E-state index in [1.54, 1.807) is 0 Å². The zero-order valence-corrected chi connectivity index (χ0v) is 16.2. The second-order valence-corrected chi connectivity index (χ2v) is 7.53. The number of aromatic amines is 1. The van der Waals surface area contributed by atoms with Gasteiger partial charge in [-0.05, 0) is 47.8 Å². The van der Waals surface area contributed by atoms with Crippen LogP contribution < -0.4 is 0 Å². The average molecular weight is 370 g/mol. The lowest BCUT2D eigenvalue weighted by molar-refractivity contribution is 0.733. The van der Waals surface area contributed by atoms with E-state index in [9.17, 15) is 0 Å². The van der Waals surface area contributed by atoms with Crippen molar-refractivity contribution in [1.29, 1.82) is 0 Å². The van der Waals surface area contributed by atoms with Crippen molar-refractivity contribution in [2.75, 3.05) is 0 Å². The fraction of sp³-hybridized carbons (Fsp3) is 0.300. The molecule has 0 aliphatic carbocycles. The predicted octanol–water partition coefficient (Wildman–Crippen LogP) is 5.88. The van der Waals surface area contributed by atoms with E-state index in [1.807, 2.05) is 22.4 Å². The molecule has 5 heteroatoms. The Hall–Kier alpha value is -1.85. The van der Waals surface area contributed by atoms with Gasteiger partial charge in [-0.2, -0.15) is 5.10 Å². The van der Waals surface area contributed by atoms with Gasteiger partial charge in [0.25, 0.3) is 0 Å². The summed E-state index contributed by atoms with van der Waals surface area (Å²) in [6.07, 6.45) is 1.14. The Morgan fingerprint density at radius 3 is 2.48 bits per heavy atom. The quantitative estimate of drug-likeness (QED) is 0.528. The second-order valence-electron chi connectivity index (χ2n) is 6.16. The van der Waals surface area contributed by atoms with Crippen molar-refractivity contribution < 1.29 is 0 Å². The average Bonchev–Trinajstić information content (AvgIpc) is 3.02. The lowest BCUT2D eigenvalue weighted by atomic mass is 9.99. The molecule has 0 amide bonds. The summed E-state index contributed by atoms with van der Waals surface area (Å²) >= 11 is 7.29. The molecule has 130 valence electrons. The number of nitrogens with one attached hydrogen (secondary N) is 1. The highest BCUT2D eigenvalue weighted by Gasteiger charge is 2.10. The molecule has 0 radical (unpaired) electrons. The minimum absolute atomic E-state index is 0.576. The molecule has 1 heterocycles. The van der Waals surface area contributed by atoms with E-state index < -0.39 is 0 Å². The van der Waals surface area contributed by atoms with Gasteiger partial charge in [0, 0.05) is 11.4 Å². The van der Waals surface area contributed by atoms with Crippen molar-refractivity contribution in [2.45, 2.75) is 37.7 Å². The van der Waals surface area contributed by atoms with E-state index in [1.165, 1.54) is 11.1 Å². The van der Waals surface area contributed by atoms with Crippen LogP contribution in [-0.4, -0.2) is 14.8 Å². The molecule has 2 aromatic carbocycles. The van der Waals surface area contributed by atoms with Gasteiger partial charge in [-0.15, -0.1) is 11.8 Å². The summed E-state index contributed by atoms with van der Waals surface area (Å²) in [4.78, 5) is 0. The summed E-state index contributed by atoms with van der Waals surface area (Å²) in [6, 6.07) is 19.2. The van der Waals surface area contributed by atoms with Gasteiger partial charge in [0.1, 0.15) is 5.82 Å². The molecule has 0 saturated carbocycles. The van der Waals surface area contributed by atoms with Gasteiger partial charge in [0.05, 0.1) is 5.75 Å². The lowest BCUT2D eigenvalue weighted by Gasteiger charge is -2.11. The van der Waals surface area contributed by atoms with Gasteiger partial charge in [-0.1, -0.05) is 56.3 Å². The molecule has 0 bridgehead atoms. The van der Waals surface area contributed by atoms with Crippen molar-refractivity contribution >= 4 is 24.0 Å². The fourth-order valence-electron chi connectivity index (χ4n) is 2.71. The van der Waals surface area contributed by atoms with E-state index in [2.05, 4.69) is 72.6 Å². The van der Waals surface area contributed by atoms with Crippen molar-refractivity contribution in [1.82, 2.24) is 14.8 Å². The first kappa shape index (κ1) is 18.0. The smallest absolute Gasteiger partial charge is 0.199 e. The Kier molecular flexibility index (Phi) is 6.10. The standard InChI is InChI=1S/C20H23N3S2/c1-3-15(2)17-9-11-18(12-10-17)23-19(21-22-20(23)24)14-25-13-16-7-5-4-6-8-16/h4-12,15H,3,13-14H2,1-2H3,(H,22,24)/t15-/m0/s1. The minimum Gasteiger partial charge on any atom is -0.271 e. The maximum Gasteiger partial charge on any atom is 0.199 e. The van der Waals surface area contributed by atoms with Gasteiger partial charge < -0.3 is 0 Å². The molecule has 1 aromatic heterocycles. The van der Waals surface area contributed by atoms with Crippen LogP contribution in [0.15, 0.2) is 54.6 Å². The zero-order chi connectivity index (χ0) is 17.6. The Balaban J connectivity index is 1.74. The van der Waals surface area contributed by atoms with Crippen LogP contribution in [0.2, 0.25) is 0 Å². The summed E-state index contributed by atoms with van der Waals surface area (Å²) in [6.45, 7) is 4.47. The van der Waals surface area contributed by atoms with E-state index in [-0.39, 0.29) is 0 Å². The van der Waals surface area contributed by atoms with Crippen LogP contribution in [0, 0.1) is 4.77 Å². The summed E-state index contributed by atoms with van der Waals surface area (Å²) in [7, 11) is 0. The van der Waals surface area contributed by atoms with Crippen LogP contribution in [0.1, 0.15) is 43.1 Å². The molecular weight excluding hydrogens is 346 g/mol. The van der Waals surface area contributed by atoms with Crippen molar-refractivity contribution in [3.63, 3.8) is 0 Å². The third kappa shape index (κ3) is 4.41. The number of hydrogen-bond donors (Lipinski definition) is 1. The largest absolute Gasteiger partial charge is 0.271 e. The molecule has 25 heavy (non-hydrogen) atoms. The zero-order valence-electron chi connectivity index (χ0n) is 14.6. The van der Waals surface area contributed by atoms with Crippen LogP contribution >= 0.6 is 24.0 Å². The summed E-state index contributed by atoms with van der Waals surface area (Å²) in [5, 5.41) is 7.36. The minimum atomic E-state index is 0.576. The number of hydrogen-bond acceptors (Lipinski definition) is 3. The van der Waals surface area contributed by atoms with Crippen LogP contribution in [0.5, 0.6) is 0 Å². The highest BCUT2D eigenvalue weighted by molar-refractivity contribution is 7.97. The third-order valence-electron chi connectivity index (χ3n) is 4.42. The first-order valence-electron chi connectivity index (χ1n) is 8.57. The van der Waals surface area contributed by atoms with Gasteiger partial charge in [-0.3, -0.25) is 9.67 Å². The lowest BCUT2D eigenvalue weighted by Crippen LogP contribution is -2.01. The highest BCUT2D eigenvalue weighted by atomic mass is 32.2. The van der Waals surface area contributed by atoms with E-state index in [4.69, 9.17) is 12.2 Å². The topological polar surface area (TPSA) is 33.6 Å². The highest BCUT2D eigenvalue weighted by Crippen LogP contribution is 2.23.